The summed E-state index contributed by atoms with van der Waals surface area (Å²) in [5.41, 5.74) is 2.26. The Bertz CT molecular complexity index is 1070. The zero-order valence-corrected chi connectivity index (χ0v) is 16.0. The number of rotatable bonds is 6. The van der Waals surface area contributed by atoms with Crippen LogP contribution in [0.5, 0.6) is 5.75 Å². The highest BCUT2D eigenvalue weighted by Gasteiger charge is 2.19. The summed E-state index contributed by atoms with van der Waals surface area (Å²) >= 11 is 1.45. The number of ether oxygens (including phenoxy) is 1. The molecule has 0 unspecified atom stereocenters. The van der Waals surface area contributed by atoms with E-state index in [1.54, 1.807) is 17.1 Å². The molecule has 0 fully saturated rings. The number of carbonyl (C=O) groups is 1. The van der Waals surface area contributed by atoms with Crippen LogP contribution < -0.4 is 10.1 Å². The number of aromatic nitrogens is 3. The molecule has 0 radical (unpaired) electrons. The molecule has 140 valence electrons. The van der Waals surface area contributed by atoms with Crippen molar-refractivity contribution in [2.24, 2.45) is 0 Å². The molecular weight excluding hydrogens is 372 g/mol. The van der Waals surface area contributed by atoms with Gasteiger partial charge in [-0.25, -0.2) is 9.67 Å². The zero-order valence-electron chi connectivity index (χ0n) is 15.2. The Morgan fingerprint density at radius 2 is 1.82 bits per heavy atom. The molecule has 2 aromatic carbocycles. The minimum Gasteiger partial charge on any atom is -0.493 e. The van der Waals surface area contributed by atoms with E-state index in [0.717, 1.165) is 17.0 Å². The molecule has 1 N–H and O–H groups in total. The van der Waals surface area contributed by atoms with Crippen molar-refractivity contribution in [3.05, 3.63) is 89.2 Å². The zero-order chi connectivity index (χ0) is 19.3. The lowest BCUT2D eigenvalue weighted by Crippen LogP contribution is -2.14. The second-order valence-electron chi connectivity index (χ2n) is 6.07. The number of para-hydroxylation sites is 1. The lowest BCUT2D eigenvalue weighted by atomic mass is 10.1. The first-order valence-electron chi connectivity index (χ1n) is 8.72. The molecule has 28 heavy (non-hydrogen) atoms. The largest absolute Gasteiger partial charge is 0.493 e. The van der Waals surface area contributed by atoms with Crippen LogP contribution in [0.15, 0.2) is 73.1 Å². The number of nitrogens with zero attached hydrogens (tertiary/aromatic N) is 3. The normalized spacial score (nSPS) is 10.6. The number of amides is 1. The van der Waals surface area contributed by atoms with E-state index < -0.39 is 0 Å². The molecule has 0 atom stereocenters. The first-order valence-corrected chi connectivity index (χ1v) is 9.53. The van der Waals surface area contributed by atoms with Gasteiger partial charge in [-0.05, 0) is 17.7 Å². The molecular formula is C21H18N4O2S. The average molecular weight is 390 g/mol. The standard InChI is InChI=1S/C21H18N4O2S/c1-27-18-14-25(16-10-6-3-7-11-16)24-19(18)20(26)23-21-22-13-17(28-21)12-15-8-4-2-5-9-15/h2-11,13-14H,12H2,1H3,(H,22,23,26). The summed E-state index contributed by atoms with van der Waals surface area (Å²) in [6.07, 6.45) is 4.25. The molecule has 0 aliphatic carbocycles. The van der Waals surface area contributed by atoms with Gasteiger partial charge in [0.15, 0.2) is 16.6 Å². The molecule has 0 aliphatic rings. The van der Waals surface area contributed by atoms with E-state index in [-0.39, 0.29) is 11.6 Å². The number of thiazole rings is 1. The summed E-state index contributed by atoms with van der Waals surface area (Å²) in [6, 6.07) is 19.7. The van der Waals surface area contributed by atoms with E-state index in [1.807, 2.05) is 48.5 Å². The van der Waals surface area contributed by atoms with Crippen molar-refractivity contribution < 1.29 is 9.53 Å². The number of methoxy groups -OCH3 is 1. The Kier molecular flexibility index (Phi) is 5.16. The van der Waals surface area contributed by atoms with E-state index in [4.69, 9.17) is 4.74 Å². The third-order valence-corrected chi connectivity index (χ3v) is 5.04. The highest BCUT2D eigenvalue weighted by molar-refractivity contribution is 7.15. The van der Waals surface area contributed by atoms with E-state index >= 15 is 0 Å². The highest BCUT2D eigenvalue weighted by Crippen LogP contribution is 2.24. The smallest absolute Gasteiger partial charge is 0.281 e. The van der Waals surface area contributed by atoms with E-state index in [9.17, 15) is 4.79 Å². The fourth-order valence-corrected chi connectivity index (χ4v) is 3.62. The van der Waals surface area contributed by atoms with E-state index in [0.29, 0.717) is 10.9 Å². The number of anilines is 1. The van der Waals surface area contributed by atoms with Crippen LogP contribution in [0.3, 0.4) is 0 Å². The molecule has 0 saturated heterocycles. The SMILES string of the molecule is COc1cn(-c2ccccc2)nc1C(=O)Nc1ncc(Cc2ccccc2)s1. The number of hydrogen-bond donors (Lipinski definition) is 1. The van der Waals surface area contributed by atoms with E-state index in [1.165, 1.54) is 24.0 Å². The predicted octanol–water partition coefficient (Wildman–Crippen LogP) is 4.18. The quantitative estimate of drug-likeness (QED) is 0.536. The van der Waals surface area contributed by atoms with Crippen LogP contribution in [0.4, 0.5) is 5.13 Å². The molecule has 7 heteroatoms. The summed E-state index contributed by atoms with van der Waals surface area (Å²) in [5, 5.41) is 7.73. The highest BCUT2D eigenvalue weighted by atomic mass is 32.1. The van der Waals surface area contributed by atoms with Crippen LogP contribution >= 0.6 is 11.3 Å². The summed E-state index contributed by atoms with van der Waals surface area (Å²) < 4.78 is 6.95. The fourth-order valence-electron chi connectivity index (χ4n) is 2.78. The maximum Gasteiger partial charge on any atom is 0.281 e. The van der Waals surface area contributed by atoms with E-state index in [2.05, 4.69) is 27.5 Å². The topological polar surface area (TPSA) is 69.0 Å². The van der Waals surface area contributed by atoms with Crippen LogP contribution in [-0.4, -0.2) is 27.8 Å². The lowest BCUT2D eigenvalue weighted by molar-refractivity contribution is 0.101. The third-order valence-electron chi connectivity index (χ3n) is 4.13. The van der Waals surface area contributed by atoms with Crippen molar-refractivity contribution in [3.63, 3.8) is 0 Å². The molecule has 1 amide bonds. The van der Waals surface area contributed by atoms with Gasteiger partial charge in [0.05, 0.1) is 19.0 Å². The first kappa shape index (κ1) is 17.9. The molecule has 0 spiro atoms. The van der Waals surface area contributed by atoms with Crippen LogP contribution in [0, 0.1) is 0 Å². The summed E-state index contributed by atoms with van der Waals surface area (Å²) in [5.74, 6) is 0.0505. The Morgan fingerprint density at radius 3 is 2.54 bits per heavy atom. The monoisotopic (exact) mass is 390 g/mol. The first-order chi connectivity index (χ1) is 13.7. The molecule has 0 aliphatic heterocycles. The molecule has 2 heterocycles. The fraction of sp³-hybridized carbons (Fsp3) is 0.0952. The maximum absolute atomic E-state index is 12.7. The second-order valence-corrected chi connectivity index (χ2v) is 7.19. The molecule has 6 nitrogen and oxygen atoms in total. The summed E-state index contributed by atoms with van der Waals surface area (Å²) in [7, 11) is 1.52. The Labute approximate surface area is 166 Å². The number of nitrogens with one attached hydrogen (secondary N) is 1. The average Bonchev–Trinajstić information content (AvgIpc) is 3.36. The predicted molar refractivity (Wildman–Crippen MR) is 109 cm³/mol. The Hall–Kier alpha value is -3.45. The summed E-state index contributed by atoms with van der Waals surface area (Å²) in [6.45, 7) is 0. The second kappa shape index (κ2) is 8.06. The maximum atomic E-state index is 12.7. The van der Waals surface area contributed by atoms with Crippen molar-refractivity contribution >= 4 is 22.4 Å². The van der Waals surface area contributed by atoms with Crippen LogP contribution in [0.2, 0.25) is 0 Å². The van der Waals surface area contributed by atoms with Gasteiger partial charge in [-0.15, -0.1) is 11.3 Å². The molecule has 0 saturated carbocycles. The van der Waals surface area contributed by atoms with Crippen molar-refractivity contribution in [2.75, 3.05) is 12.4 Å². The third kappa shape index (κ3) is 3.94. The summed E-state index contributed by atoms with van der Waals surface area (Å²) in [4.78, 5) is 18.1. The van der Waals surface area contributed by atoms with Gasteiger partial charge >= 0.3 is 0 Å². The van der Waals surface area contributed by atoms with Crippen LogP contribution in [0.1, 0.15) is 20.9 Å². The van der Waals surface area contributed by atoms with Crippen molar-refractivity contribution in [3.8, 4) is 11.4 Å². The van der Waals surface area contributed by atoms with Crippen molar-refractivity contribution in [1.29, 1.82) is 0 Å². The van der Waals surface area contributed by atoms with Gasteiger partial charge < -0.3 is 4.74 Å². The van der Waals surface area contributed by atoms with Crippen LogP contribution in [0.25, 0.3) is 5.69 Å². The van der Waals surface area contributed by atoms with Gasteiger partial charge in [0, 0.05) is 17.5 Å². The number of benzene rings is 2. The van der Waals surface area contributed by atoms with Gasteiger partial charge in [-0.1, -0.05) is 48.5 Å². The van der Waals surface area contributed by atoms with Gasteiger partial charge in [-0.2, -0.15) is 5.10 Å². The number of hydrogen-bond acceptors (Lipinski definition) is 5. The molecule has 0 bridgehead atoms. The van der Waals surface area contributed by atoms with Gasteiger partial charge in [0.25, 0.3) is 5.91 Å². The van der Waals surface area contributed by atoms with Gasteiger partial charge in [0.1, 0.15) is 0 Å². The van der Waals surface area contributed by atoms with Gasteiger partial charge in [0.2, 0.25) is 0 Å². The van der Waals surface area contributed by atoms with Crippen LogP contribution in [-0.2, 0) is 6.42 Å². The molecule has 2 aromatic heterocycles. The molecule has 4 rings (SSSR count). The Morgan fingerprint density at radius 1 is 1.11 bits per heavy atom. The van der Waals surface area contributed by atoms with Crippen molar-refractivity contribution in [1.82, 2.24) is 14.8 Å². The minimum atomic E-state index is -0.354. The lowest BCUT2D eigenvalue weighted by Gasteiger charge is -2.01. The van der Waals surface area contributed by atoms with Crippen molar-refractivity contribution in [2.45, 2.75) is 6.42 Å². The van der Waals surface area contributed by atoms with Gasteiger partial charge in [-0.3, -0.25) is 10.1 Å². The minimum absolute atomic E-state index is 0.214. The molecule has 4 aromatic rings. The number of carbonyl (C=O) groups excluding carboxylic acids is 1. The Balaban J connectivity index is 1.50.